The molecule has 114 valence electrons. The molecule has 0 aliphatic carbocycles. The van der Waals surface area contributed by atoms with Gasteiger partial charge in [-0.25, -0.2) is 0 Å². The Morgan fingerprint density at radius 3 is 2.05 bits per heavy atom. The number of nitrogens with zero attached hydrogens (tertiary/aromatic N) is 5. The minimum Gasteiger partial charge on any atom is -0.354 e. The molecule has 1 aromatic rings. The Morgan fingerprint density at radius 1 is 1.00 bits per heavy atom. The summed E-state index contributed by atoms with van der Waals surface area (Å²) in [5, 5.41) is 3.17. The van der Waals surface area contributed by atoms with Crippen LogP contribution in [0.1, 0.15) is 34.6 Å². The highest BCUT2D eigenvalue weighted by Gasteiger charge is 2.18. The van der Waals surface area contributed by atoms with Crippen molar-refractivity contribution >= 4 is 17.8 Å². The molecule has 0 saturated carbocycles. The summed E-state index contributed by atoms with van der Waals surface area (Å²) >= 11 is 0. The smallest absolute Gasteiger partial charge is 0.232 e. The van der Waals surface area contributed by atoms with Gasteiger partial charge < -0.3 is 15.1 Å². The lowest BCUT2D eigenvalue weighted by Gasteiger charge is -2.29. The summed E-state index contributed by atoms with van der Waals surface area (Å²) in [5.41, 5.74) is 0. The summed E-state index contributed by atoms with van der Waals surface area (Å²) in [6.45, 7) is 12.5. The quantitative estimate of drug-likeness (QED) is 0.826. The van der Waals surface area contributed by atoms with Crippen molar-refractivity contribution in [2.24, 2.45) is 5.92 Å². The van der Waals surface area contributed by atoms with Gasteiger partial charge in [0, 0.05) is 33.2 Å². The zero-order valence-electron chi connectivity index (χ0n) is 13.8. The van der Waals surface area contributed by atoms with Crippen LogP contribution in [0.25, 0.3) is 0 Å². The third kappa shape index (κ3) is 4.51. The van der Waals surface area contributed by atoms with Gasteiger partial charge in [-0.2, -0.15) is 15.0 Å². The molecule has 0 radical (unpaired) electrons. The Bertz CT molecular complexity index is 416. The second kappa shape index (κ2) is 7.26. The maximum atomic E-state index is 4.58. The first-order valence-electron chi connectivity index (χ1n) is 7.29. The van der Waals surface area contributed by atoms with Crippen molar-refractivity contribution < 1.29 is 0 Å². The fraction of sp³-hybridized carbons (Fsp3) is 0.786. The highest BCUT2D eigenvalue weighted by atomic mass is 15.4. The SMILES string of the molecule is CCNc1nc(N(C)C)nc(N(CC(C)C)C(C)C)n1. The molecule has 0 fully saturated rings. The van der Waals surface area contributed by atoms with Crippen LogP contribution in [0.3, 0.4) is 0 Å². The summed E-state index contributed by atoms with van der Waals surface area (Å²) in [6, 6.07) is 0.351. The molecule has 0 aromatic carbocycles. The molecular formula is C14H28N6. The van der Waals surface area contributed by atoms with Crippen LogP contribution in [-0.4, -0.2) is 48.2 Å². The van der Waals surface area contributed by atoms with E-state index in [0.717, 1.165) is 19.0 Å². The lowest BCUT2D eigenvalue weighted by Crippen LogP contribution is -2.36. The second-order valence-corrected chi connectivity index (χ2v) is 5.82. The van der Waals surface area contributed by atoms with Gasteiger partial charge in [0.25, 0.3) is 0 Å². The third-order valence-electron chi connectivity index (χ3n) is 2.79. The Labute approximate surface area is 122 Å². The molecule has 1 N–H and O–H groups in total. The molecule has 1 aromatic heterocycles. The van der Waals surface area contributed by atoms with E-state index < -0.39 is 0 Å². The predicted molar refractivity (Wildman–Crippen MR) is 85.6 cm³/mol. The van der Waals surface area contributed by atoms with Crippen molar-refractivity contribution in [3.63, 3.8) is 0 Å². The molecule has 20 heavy (non-hydrogen) atoms. The number of nitrogens with one attached hydrogen (secondary N) is 1. The average Bonchev–Trinajstić information content (AvgIpc) is 2.35. The fourth-order valence-electron chi connectivity index (χ4n) is 1.84. The molecule has 0 bridgehead atoms. The van der Waals surface area contributed by atoms with Gasteiger partial charge in [0.15, 0.2) is 0 Å². The lowest BCUT2D eigenvalue weighted by molar-refractivity contribution is 0.559. The van der Waals surface area contributed by atoms with Crippen LogP contribution < -0.4 is 15.1 Å². The minimum absolute atomic E-state index is 0.351. The normalized spacial score (nSPS) is 11.1. The molecule has 1 rings (SSSR count). The van der Waals surface area contributed by atoms with Crippen LogP contribution in [0.5, 0.6) is 0 Å². The molecule has 0 aliphatic rings. The lowest BCUT2D eigenvalue weighted by atomic mass is 10.2. The Balaban J connectivity index is 3.18. The van der Waals surface area contributed by atoms with Gasteiger partial charge in [-0.05, 0) is 26.7 Å². The van der Waals surface area contributed by atoms with Crippen molar-refractivity contribution in [3.8, 4) is 0 Å². The average molecular weight is 280 g/mol. The predicted octanol–water partition coefficient (Wildman–Crippen LogP) is 2.24. The summed E-state index contributed by atoms with van der Waals surface area (Å²) in [4.78, 5) is 17.7. The maximum Gasteiger partial charge on any atom is 0.232 e. The first kappa shape index (κ1) is 16.5. The van der Waals surface area contributed by atoms with E-state index in [1.54, 1.807) is 0 Å². The van der Waals surface area contributed by atoms with E-state index in [9.17, 15) is 0 Å². The standard InChI is InChI=1S/C14H28N6/c1-8-15-12-16-13(19(6)7)18-14(17-12)20(11(4)5)9-10(2)3/h10-11H,8-9H2,1-7H3,(H,15,16,17,18). The van der Waals surface area contributed by atoms with E-state index in [4.69, 9.17) is 0 Å². The van der Waals surface area contributed by atoms with Gasteiger partial charge in [0.1, 0.15) is 0 Å². The van der Waals surface area contributed by atoms with Crippen LogP contribution in [0.15, 0.2) is 0 Å². The Kier molecular flexibility index (Phi) is 5.98. The molecular weight excluding hydrogens is 252 g/mol. The van der Waals surface area contributed by atoms with E-state index in [2.05, 4.69) is 52.9 Å². The molecule has 0 unspecified atom stereocenters. The van der Waals surface area contributed by atoms with E-state index in [1.165, 1.54) is 0 Å². The zero-order chi connectivity index (χ0) is 15.3. The van der Waals surface area contributed by atoms with Crippen molar-refractivity contribution in [3.05, 3.63) is 0 Å². The minimum atomic E-state index is 0.351. The molecule has 0 spiro atoms. The van der Waals surface area contributed by atoms with Gasteiger partial charge in [0.2, 0.25) is 17.8 Å². The number of aromatic nitrogens is 3. The molecule has 0 amide bonds. The number of hydrogen-bond acceptors (Lipinski definition) is 6. The van der Waals surface area contributed by atoms with Gasteiger partial charge in [-0.3, -0.25) is 0 Å². The van der Waals surface area contributed by atoms with Crippen LogP contribution >= 0.6 is 0 Å². The molecule has 6 heteroatoms. The molecule has 6 nitrogen and oxygen atoms in total. The topological polar surface area (TPSA) is 57.2 Å². The van der Waals surface area contributed by atoms with Gasteiger partial charge in [-0.15, -0.1) is 0 Å². The van der Waals surface area contributed by atoms with Gasteiger partial charge in [0.05, 0.1) is 0 Å². The first-order valence-corrected chi connectivity index (χ1v) is 7.29. The van der Waals surface area contributed by atoms with Gasteiger partial charge in [-0.1, -0.05) is 13.8 Å². The summed E-state index contributed by atoms with van der Waals surface area (Å²) < 4.78 is 0. The third-order valence-corrected chi connectivity index (χ3v) is 2.79. The fourth-order valence-corrected chi connectivity index (χ4v) is 1.84. The van der Waals surface area contributed by atoms with Crippen LogP contribution in [-0.2, 0) is 0 Å². The summed E-state index contributed by atoms with van der Waals surface area (Å²) in [5.74, 6) is 2.61. The van der Waals surface area contributed by atoms with Crippen LogP contribution in [0, 0.1) is 5.92 Å². The number of rotatable bonds is 7. The van der Waals surface area contributed by atoms with Gasteiger partial charge >= 0.3 is 0 Å². The summed E-state index contributed by atoms with van der Waals surface area (Å²) in [6.07, 6.45) is 0. The van der Waals surface area contributed by atoms with E-state index in [1.807, 2.05) is 25.9 Å². The molecule has 1 heterocycles. The van der Waals surface area contributed by atoms with Crippen LogP contribution in [0.4, 0.5) is 17.8 Å². The Hall–Kier alpha value is -1.59. The monoisotopic (exact) mass is 280 g/mol. The van der Waals surface area contributed by atoms with Crippen LogP contribution in [0.2, 0.25) is 0 Å². The van der Waals surface area contributed by atoms with Crippen molar-refractivity contribution in [2.45, 2.75) is 40.7 Å². The second-order valence-electron chi connectivity index (χ2n) is 5.82. The van der Waals surface area contributed by atoms with E-state index in [0.29, 0.717) is 23.9 Å². The summed E-state index contributed by atoms with van der Waals surface area (Å²) in [7, 11) is 3.88. The highest BCUT2D eigenvalue weighted by molar-refractivity contribution is 5.45. The molecule has 0 saturated heterocycles. The Morgan fingerprint density at radius 2 is 1.60 bits per heavy atom. The highest BCUT2D eigenvalue weighted by Crippen LogP contribution is 2.18. The molecule has 0 atom stereocenters. The van der Waals surface area contributed by atoms with E-state index >= 15 is 0 Å². The maximum absolute atomic E-state index is 4.58. The molecule has 0 aliphatic heterocycles. The van der Waals surface area contributed by atoms with Crippen molar-refractivity contribution in [1.29, 1.82) is 0 Å². The first-order chi connectivity index (χ1) is 9.35. The zero-order valence-corrected chi connectivity index (χ0v) is 13.8. The van der Waals surface area contributed by atoms with E-state index in [-0.39, 0.29) is 0 Å². The van der Waals surface area contributed by atoms with Crippen molar-refractivity contribution in [2.75, 3.05) is 42.3 Å². The number of anilines is 3. The largest absolute Gasteiger partial charge is 0.354 e. The van der Waals surface area contributed by atoms with Crippen molar-refractivity contribution in [1.82, 2.24) is 15.0 Å². The number of hydrogen-bond donors (Lipinski definition) is 1.